The van der Waals surface area contributed by atoms with Crippen LogP contribution in [0.2, 0.25) is 0 Å². The van der Waals surface area contributed by atoms with Crippen LogP contribution in [0.4, 0.5) is 30.6 Å². The second-order valence-corrected chi connectivity index (χ2v) is 5.70. The molecule has 1 atom stereocenters. The molecule has 1 aromatic carbocycles. The second kappa shape index (κ2) is 8.60. The Balaban J connectivity index is 2.48. The predicted octanol–water partition coefficient (Wildman–Crippen LogP) is 1.17. The average molecular weight is 414 g/mol. The van der Waals surface area contributed by atoms with Crippen molar-refractivity contribution >= 4 is 29.6 Å². The Labute approximate surface area is 161 Å². The molecule has 6 N–H and O–H groups in total. The van der Waals surface area contributed by atoms with E-state index in [-0.39, 0.29) is 17.5 Å². The number of hydrogen-bond donors (Lipinski definition) is 4. The Kier molecular flexibility index (Phi) is 6.43. The van der Waals surface area contributed by atoms with Gasteiger partial charge in [0.2, 0.25) is 5.95 Å². The van der Waals surface area contributed by atoms with E-state index in [0.29, 0.717) is 12.7 Å². The third-order valence-electron chi connectivity index (χ3n) is 3.66. The number of benzene rings is 1. The zero-order valence-electron chi connectivity index (χ0n) is 15.0. The number of rotatable bonds is 8. The molecule has 0 aliphatic heterocycles. The predicted molar refractivity (Wildman–Crippen MR) is 96.6 cm³/mol. The third-order valence-corrected chi connectivity index (χ3v) is 3.66. The van der Waals surface area contributed by atoms with Crippen LogP contribution < -0.4 is 32.2 Å². The number of carbonyl (C=O) groups is 2. The number of nitrogens with two attached hydrogens (primary N) is 2. The fourth-order valence-electron chi connectivity index (χ4n) is 2.33. The summed E-state index contributed by atoms with van der Waals surface area (Å²) in [7, 11) is 0. The lowest BCUT2D eigenvalue weighted by Crippen LogP contribution is -2.44. The number of carbonyl (C=O) groups excluding carboxylic acids is 2. The van der Waals surface area contributed by atoms with Crippen molar-refractivity contribution in [1.29, 1.82) is 0 Å². The number of hydrazine groups is 1. The van der Waals surface area contributed by atoms with Gasteiger partial charge in [0.1, 0.15) is 23.6 Å². The van der Waals surface area contributed by atoms with E-state index in [4.69, 9.17) is 11.6 Å². The number of H-pyrrole nitrogens is 1. The number of amides is 1. The van der Waals surface area contributed by atoms with Gasteiger partial charge in [0.15, 0.2) is 5.82 Å². The van der Waals surface area contributed by atoms with Crippen LogP contribution in [0.25, 0.3) is 0 Å². The summed E-state index contributed by atoms with van der Waals surface area (Å²) < 4.78 is 41.0. The Morgan fingerprint density at radius 1 is 1.45 bits per heavy atom. The highest BCUT2D eigenvalue weighted by atomic mass is 19.4. The van der Waals surface area contributed by atoms with Crippen LogP contribution in [0.15, 0.2) is 29.1 Å². The van der Waals surface area contributed by atoms with E-state index in [1.54, 1.807) is 6.92 Å². The van der Waals surface area contributed by atoms with Gasteiger partial charge in [-0.2, -0.15) is 4.98 Å². The van der Waals surface area contributed by atoms with Crippen LogP contribution >= 0.6 is 0 Å². The minimum atomic E-state index is -4.91. The Morgan fingerprint density at radius 3 is 2.69 bits per heavy atom. The number of primary amides is 1. The molecule has 0 fully saturated rings. The molecule has 10 nitrogen and oxygen atoms in total. The van der Waals surface area contributed by atoms with Crippen LogP contribution in [-0.4, -0.2) is 34.6 Å². The molecule has 1 amide bonds. The van der Waals surface area contributed by atoms with Gasteiger partial charge in [-0.15, -0.1) is 13.2 Å². The number of nitrogens with one attached hydrogen (secondary N) is 2. The number of aromatic amines is 1. The topological polar surface area (TPSA) is 156 Å². The minimum absolute atomic E-state index is 0.0179. The van der Waals surface area contributed by atoms with E-state index < -0.39 is 35.2 Å². The van der Waals surface area contributed by atoms with E-state index >= 15 is 0 Å². The number of ether oxygens (including phenoxy) is 1. The molecule has 1 aromatic heterocycles. The largest absolute Gasteiger partial charge is 0.573 e. The summed E-state index contributed by atoms with van der Waals surface area (Å²) in [6, 6.07) is 3.80. The quantitative estimate of drug-likeness (QED) is 0.285. The molecule has 2 rings (SSSR count). The van der Waals surface area contributed by atoms with Gasteiger partial charge < -0.3 is 20.6 Å². The molecule has 0 saturated carbocycles. The second-order valence-electron chi connectivity index (χ2n) is 5.70. The molecule has 0 radical (unpaired) electrons. The average Bonchev–Trinajstić information content (AvgIpc) is 2.60. The van der Waals surface area contributed by atoms with Crippen LogP contribution in [0.1, 0.15) is 23.7 Å². The zero-order chi connectivity index (χ0) is 21.8. The highest BCUT2D eigenvalue weighted by Crippen LogP contribution is 2.27. The van der Waals surface area contributed by atoms with Gasteiger partial charge in [0.25, 0.3) is 11.5 Å². The third kappa shape index (κ3) is 5.44. The summed E-state index contributed by atoms with van der Waals surface area (Å²) in [5.41, 5.74) is 3.69. The number of aldehydes is 1. The number of nitrogens with zero attached hydrogens (tertiary/aromatic N) is 2. The summed E-state index contributed by atoms with van der Waals surface area (Å²) in [4.78, 5) is 41.3. The summed E-state index contributed by atoms with van der Waals surface area (Å²) in [5.74, 6) is 3.49. The van der Waals surface area contributed by atoms with Crippen molar-refractivity contribution in [3.8, 4) is 5.75 Å². The number of anilines is 3. The van der Waals surface area contributed by atoms with Crippen molar-refractivity contribution in [3.63, 3.8) is 0 Å². The maximum Gasteiger partial charge on any atom is 0.573 e. The first kappa shape index (κ1) is 21.7. The molecular formula is C16H17F3N6O4. The lowest BCUT2D eigenvalue weighted by molar-refractivity contribution is -0.274. The lowest BCUT2D eigenvalue weighted by Gasteiger charge is -2.23. The standard InChI is InChI=1S/C16H17F3N6O4/c1-2-9(7-26)25(21)15-23-13(11(12(20)27)14(28)24-15)22-8-4-3-5-10(6-8)29-16(17,18)19/h3-7,9H,2,21H2,1H3,(H2,20,27)(H2,22,23,24,28)/t9-/m1/s1. The smallest absolute Gasteiger partial charge is 0.406 e. The van der Waals surface area contributed by atoms with E-state index in [9.17, 15) is 27.6 Å². The Morgan fingerprint density at radius 2 is 2.14 bits per heavy atom. The summed E-state index contributed by atoms with van der Waals surface area (Å²) in [6.07, 6.45) is -4.08. The Hall–Kier alpha value is -3.61. The van der Waals surface area contributed by atoms with E-state index in [1.807, 2.05) is 0 Å². The number of halogens is 3. The van der Waals surface area contributed by atoms with Crippen LogP contribution in [0.5, 0.6) is 5.75 Å². The van der Waals surface area contributed by atoms with Crippen molar-refractivity contribution in [2.45, 2.75) is 25.7 Å². The monoisotopic (exact) mass is 414 g/mol. The van der Waals surface area contributed by atoms with Crippen molar-refractivity contribution in [1.82, 2.24) is 9.97 Å². The molecule has 0 aliphatic carbocycles. The minimum Gasteiger partial charge on any atom is -0.406 e. The van der Waals surface area contributed by atoms with Crippen molar-refractivity contribution in [3.05, 3.63) is 40.2 Å². The fourth-order valence-corrected chi connectivity index (χ4v) is 2.33. The highest BCUT2D eigenvalue weighted by molar-refractivity contribution is 5.98. The van der Waals surface area contributed by atoms with E-state index in [2.05, 4.69) is 20.0 Å². The van der Waals surface area contributed by atoms with E-state index in [1.165, 1.54) is 12.1 Å². The maximum absolute atomic E-state index is 12.4. The van der Waals surface area contributed by atoms with Gasteiger partial charge in [-0.1, -0.05) is 13.0 Å². The van der Waals surface area contributed by atoms with Crippen molar-refractivity contribution in [2.75, 3.05) is 10.3 Å². The molecule has 156 valence electrons. The number of aromatic nitrogens is 2. The van der Waals surface area contributed by atoms with Crippen LogP contribution in [0.3, 0.4) is 0 Å². The SMILES string of the molecule is CC[C@H](C=O)N(N)c1nc(Nc2cccc(OC(F)(F)F)c2)c(C(N)=O)c(=O)[nH]1. The maximum atomic E-state index is 12.4. The molecule has 0 spiro atoms. The fraction of sp³-hybridized carbons (Fsp3) is 0.250. The molecule has 0 bridgehead atoms. The molecule has 0 aliphatic rings. The van der Waals surface area contributed by atoms with Gasteiger partial charge >= 0.3 is 6.36 Å². The van der Waals surface area contributed by atoms with Crippen molar-refractivity contribution in [2.24, 2.45) is 11.6 Å². The van der Waals surface area contributed by atoms with Crippen LogP contribution in [0, 0.1) is 0 Å². The summed E-state index contributed by atoms with van der Waals surface area (Å²) in [6.45, 7) is 1.67. The van der Waals surface area contributed by atoms with Gasteiger partial charge in [-0.3, -0.25) is 19.6 Å². The Bertz CT molecular complexity index is 962. The first-order valence-corrected chi connectivity index (χ1v) is 8.12. The molecule has 0 saturated heterocycles. The first-order valence-electron chi connectivity index (χ1n) is 8.12. The van der Waals surface area contributed by atoms with Gasteiger partial charge in [-0.05, 0) is 18.6 Å². The van der Waals surface area contributed by atoms with Crippen LogP contribution in [-0.2, 0) is 4.79 Å². The van der Waals surface area contributed by atoms with Gasteiger partial charge in [0.05, 0.1) is 0 Å². The molecular weight excluding hydrogens is 397 g/mol. The zero-order valence-corrected chi connectivity index (χ0v) is 15.0. The number of hydrogen-bond acceptors (Lipinski definition) is 8. The molecule has 1 heterocycles. The highest BCUT2D eigenvalue weighted by Gasteiger charge is 2.31. The molecule has 2 aromatic rings. The van der Waals surface area contributed by atoms with Gasteiger partial charge in [0, 0.05) is 11.8 Å². The molecule has 0 unspecified atom stereocenters. The van der Waals surface area contributed by atoms with Crippen molar-refractivity contribution < 1.29 is 27.5 Å². The number of alkyl halides is 3. The normalized spacial score (nSPS) is 12.2. The summed E-state index contributed by atoms with van der Waals surface area (Å²) >= 11 is 0. The lowest BCUT2D eigenvalue weighted by atomic mass is 10.2. The first-order chi connectivity index (χ1) is 13.6. The van der Waals surface area contributed by atoms with E-state index in [0.717, 1.165) is 17.1 Å². The molecule has 29 heavy (non-hydrogen) atoms. The van der Waals surface area contributed by atoms with Gasteiger partial charge in [-0.25, -0.2) is 5.84 Å². The molecule has 13 heteroatoms. The summed E-state index contributed by atoms with van der Waals surface area (Å²) in [5, 5.41) is 3.42.